The van der Waals surface area contributed by atoms with Gasteiger partial charge < -0.3 is 0 Å². The number of aryl methyl sites for hydroxylation is 1. The topological polar surface area (TPSA) is 0 Å². The Kier molecular flexibility index (Phi) is 2.04. The van der Waals surface area contributed by atoms with Gasteiger partial charge >= 0.3 is 0 Å². The zero-order valence-corrected chi connectivity index (χ0v) is 10.2. The van der Waals surface area contributed by atoms with Gasteiger partial charge in [0, 0.05) is 0 Å². The van der Waals surface area contributed by atoms with Gasteiger partial charge in [-0.05, 0) is 57.6 Å². The van der Waals surface area contributed by atoms with E-state index in [1.807, 2.05) is 0 Å². The molecule has 0 unspecified atom stereocenters. The lowest BCUT2D eigenvalue weighted by molar-refractivity contribution is 0.997. The van der Waals surface area contributed by atoms with Crippen molar-refractivity contribution in [3.63, 3.8) is 0 Å². The van der Waals surface area contributed by atoms with Crippen LogP contribution in [0.3, 0.4) is 0 Å². The molecule has 0 fully saturated rings. The Bertz CT molecular complexity index is 778. The standard InChI is InChI=1S/C18H14/c1-2-7-15-12-18-16(11-14(15)6-1)10-9-13-5-3-4-8-17(13)18/h1-3,5-7,9-12H,4,8H2. The van der Waals surface area contributed by atoms with Gasteiger partial charge in [-0.25, -0.2) is 0 Å². The van der Waals surface area contributed by atoms with E-state index in [0.717, 1.165) is 0 Å². The van der Waals surface area contributed by atoms with Gasteiger partial charge in [-0.2, -0.15) is 0 Å². The Morgan fingerprint density at radius 1 is 0.778 bits per heavy atom. The first-order valence-electron chi connectivity index (χ1n) is 6.53. The maximum atomic E-state index is 2.35. The Labute approximate surface area is 107 Å². The molecule has 1 aliphatic carbocycles. The van der Waals surface area contributed by atoms with Crippen LogP contribution in [0.2, 0.25) is 0 Å². The van der Waals surface area contributed by atoms with E-state index in [4.69, 9.17) is 0 Å². The fourth-order valence-corrected chi connectivity index (χ4v) is 2.97. The summed E-state index contributed by atoms with van der Waals surface area (Å²) in [5, 5.41) is 5.46. The molecule has 1 aliphatic rings. The molecule has 0 atom stereocenters. The first-order chi connectivity index (χ1) is 8.92. The molecule has 0 aromatic heterocycles. The minimum atomic E-state index is 1.17. The van der Waals surface area contributed by atoms with Crippen LogP contribution < -0.4 is 0 Å². The Morgan fingerprint density at radius 3 is 2.50 bits per heavy atom. The zero-order valence-electron chi connectivity index (χ0n) is 10.2. The zero-order chi connectivity index (χ0) is 11.9. The van der Waals surface area contributed by atoms with E-state index in [0.29, 0.717) is 0 Å². The summed E-state index contributed by atoms with van der Waals surface area (Å²) in [7, 11) is 0. The predicted molar refractivity (Wildman–Crippen MR) is 78.8 cm³/mol. The van der Waals surface area contributed by atoms with Crippen molar-refractivity contribution in [1.29, 1.82) is 0 Å². The van der Waals surface area contributed by atoms with Crippen molar-refractivity contribution in [3.8, 4) is 0 Å². The van der Waals surface area contributed by atoms with E-state index >= 15 is 0 Å². The second-order valence-electron chi connectivity index (χ2n) is 4.99. The van der Waals surface area contributed by atoms with Gasteiger partial charge in [0.2, 0.25) is 0 Å². The quantitative estimate of drug-likeness (QED) is 0.479. The van der Waals surface area contributed by atoms with Crippen molar-refractivity contribution in [2.45, 2.75) is 12.8 Å². The molecule has 4 rings (SSSR count). The van der Waals surface area contributed by atoms with Crippen molar-refractivity contribution in [2.75, 3.05) is 0 Å². The molecule has 3 aromatic rings. The largest absolute Gasteiger partial charge is 0.0836 e. The van der Waals surface area contributed by atoms with Gasteiger partial charge in [0.05, 0.1) is 0 Å². The summed E-state index contributed by atoms with van der Waals surface area (Å²) in [6.07, 6.45) is 6.86. The lowest BCUT2D eigenvalue weighted by atomic mass is 9.90. The van der Waals surface area contributed by atoms with Gasteiger partial charge in [-0.1, -0.05) is 48.6 Å². The maximum absolute atomic E-state index is 2.35. The van der Waals surface area contributed by atoms with Crippen LogP contribution in [0.5, 0.6) is 0 Å². The highest BCUT2D eigenvalue weighted by atomic mass is 14.1. The lowest BCUT2D eigenvalue weighted by Gasteiger charge is -2.14. The third-order valence-electron chi connectivity index (χ3n) is 3.89. The lowest BCUT2D eigenvalue weighted by Crippen LogP contribution is -1.95. The molecule has 18 heavy (non-hydrogen) atoms. The van der Waals surface area contributed by atoms with E-state index < -0.39 is 0 Å². The van der Waals surface area contributed by atoms with Crippen molar-refractivity contribution >= 4 is 27.6 Å². The highest BCUT2D eigenvalue weighted by molar-refractivity contribution is 6.00. The van der Waals surface area contributed by atoms with Gasteiger partial charge in [0.25, 0.3) is 0 Å². The molecule has 0 heteroatoms. The number of rotatable bonds is 0. The molecule has 0 radical (unpaired) electrons. The molecular weight excluding hydrogens is 216 g/mol. The van der Waals surface area contributed by atoms with Crippen LogP contribution in [0.4, 0.5) is 0 Å². The molecule has 0 spiro atoms. The Balaban J connectivity index is 2.15. The van der Waals surface area contributed by atoms with Crippen LogP contribution in [0, 0.1) is 0 Å². The molecular formula is C18H14. The second kappa shape index (κ2) is 3.71. The average Bonchev–Trinajstić information content (AvgIpc) is 2.45. The molecule has 0 nitrogen and oxygen atoms in total. The van der Waals surface area contributed by atoms with Crippen LogP contribution in [0.1, 0.15) is 17.5 Å². The minimum absolute atomic E-state index is 1.17. The van der Waals surface area contributed by atoms with E-state index in [9.17, 15) is 0 Å². The molecule has 3 aromatic carbocycles. The van der Waals surface area contributed by atoms with Crippen LogP contribution in [0.25, 0.3) is 27.6 Å². The maximum Gasteiger partial charge on any atom is -0.0139 e. The Hall–Kier alpha value is -2.08. The van der Waals surface area contributed by atoms with Gasteiger partial charge in [0.15, 0.2) is 0 Å². The van der Waals surface area contributed by atoms with E-state index in [2.05, 4.69) is 60.7 Å². The summed E-state index contributed by atoms with van der Waals surface area (Å²) < 4.78 is 0. The monoisotopic (exact) mass is 230 g/mol. The molecule has 0 heterocycles. The summed E-state index contributed by atoms with van der Waals surface area (Å²) in [6.45, 7) is 0. The summed E-state index contributed by atoms with van der Waals surface area (Å²) in [5.41, 5.74) is 2.91. The van der Waals surface area contributed by atoms with Gasteiger partial charge in [-0.15, -0.1) is 0 Å². The van der Waals surface area contributed by atoms with E-state index in [1.54, 1.807) is 0 Å². The van der Waals surface area contributed by atoms with Crippen LogP contribution in [-0.4, -0.2) is 0 Å². The van der Waals surface area contributed by atoms with Gasteiger partial charge in [-0.3, -0.25) is 0 Å². The fourth-order valence-electron chi connectivity index (χ4n) is 2.97. The molecule has 0 aliphatic heterocycles. The predicted octanol–water partition coefficient (Wildman–Crippen LogP) is 4.95. The first-order valence-corrected chi connectivity index (χ1v) is 6.53. The molecule has 0 bridgehead atoms. The van der Waals surface area contributed by atoms with Crippen molar-refractivity contribution in [1.82, 2.24) is 0 Å². The second-order valence-corrected chi connectivity index (χ2v) is 4.99. The van der Waals surface area contributed by atoms with Crippen LogP contribution >= 0.6 is 0 Å². The molecule has 0 amide bonds. The smallest absolute Gasteiger partial charge is 0.0139 e. The van der Waals surface area contributed by atoms with E-state index in [-0.39, 0.29) is 0 Å². The summed E-state index contributed by atoms with van der Waals surface area (Å²) in [5.74, 6) is 0. The summed E-state index contributed by atoms with van der Waals surface area (Å²) >= 11 is 0. The van der Waals surface area contributed by atoms with Crippen molar-refractivity contribution in [2.24, 2.45) is 0 Å². The number of allylic oxidation sites excluding steroid dienone is 1. The summed E-state index contributed by atoms with van der Waals surface area (Å²) in [4.78, 5) is 0. The van der Waals surface area contributed by atoms with Crippen LogP contribution in [-0.2, 0) is 6.42 Å². The van der Waals surface area contributed by atoms with Crippen molar-refractivity contribution < 1.29 is 0 Å². The molecule has 0 saturated carbocycles. The van der Waals surface area contributed by atoms with Gasteiger partial charge in [0.1, 0.15) is 0 Å². The third kappa shape index (κ3) is 1.39. The molecule has 0 saturated heterocycles. The van der Waals surface area contributed by atoms with Crippen LogP contribution in [0.15, 0.2) is 54.6 Å². The van der Waals surface area contributed by atoms with Crippen molar-refractivity contribution in [3.05, 3.63) is 65.7 Å². The summed E-state index contributed by atoms with van der Waals surface area (Å²) in [6, 6.07) is 17.8. The number of hydrogen-bond acceptors (Lipinski definition) is 0. The SMILES string of the molecule is C1=Cc2ccc3cc4ccccc4cc3c2CC1. The molecule has 0 N–H and O–H groups in total. The number of benzene rings is 3. The minimum Gasteiger partial charge on any atom is -0.0836 e. The third-order valence-corrected chi connectivity index (χ3v) is 3.89. The number of fused-ring (bicyclic) bond motifs is 4. The fraction of sp³-hybridized carbons (Fsp3) is 0.111. The first kappa shape index (κ1) is 9.90. The Morgan fingerprint density at radius 2 is 1.61 bits per heavy atom. The average molecular weight is 230 g/mol. The highest BCUT2D eigenvalue weighted by Gasteiger charge is 2.09. The highest BCUT2D eigenvalue weighted by Crippen LogP contribution is 2.31. The molecule has 86 valence electrons. The van der Waals surface area contributed by atoms with E-state index in [1.165, 1.54) is 45.5 Å². The normalized spacial score (nSPS) is 14.0. The number of hydrogen-bond donors (Lipinski definition) is 0.